The van der Waals surface area contributed by atoms with Gasteiger partial charge < -0.3 is 14.7 Å². The molecule has 0 radical (unpaired) electrons. The summed E-state index contributed by atoms with van der Waals surface area (Å²) in [6.45, 7) is 8.04. The van der Waals surface area contributed by atoms with Gasteiger partial charge in [-0.05, 0) is 62.9 Å². The van der Waals surface area contributed by atoms with Crippen molar-refractivity contribution in [2.45, 2.75) is 39.2 Å². The van der Waals surface area contributed by atoms with Gasteiger partial charge >= 0.3 is 0 Å². The number of hydrogen-bond donors (Lipinski definition) is 0. The summed E-state index contributed by atoms with van der Waals surface area (Å²) in [5.41, 5.74) is 1.98. The molecule has 2 aliphatic heterocycles. The molecular formula is C24H28FN5OS. The van der Waals surface area contributed by atoms with Crippen LogP contribution in [0.2, 0.25) is 0 Å². The molecule has 2 aliphatic rings. The molecule has 2 saturated heterocycles. The van der Waals surface area contributed by atoms with Gasteiger partial charge in [-0.2, -0.15) is 0 Å². The summed E-state index contributed by atoms with van der Waals surface area (Å²) >= 11 is 1.48. The van der Waals surface area contributed by atoms with Crippen LogP contribution in [0, 0.1) is 12.7 Å². The molecule has 6 nitrogen and oxygen atoms in total. The Morgan fingerprint density at radius 2 is 1.81 bits per heavy atom. The van der Waals surface area contributed by atoms with Crippen LogP contribution in [0.4, 0.5) is 15.9 Å². The Hall–Kier alpha value is -2.74. The molecule has 2 fully saturated rings. The molecule has 0 saturated carbocycles. The number of aromatic nitrogens is 2. The third kappa shape index (κ3) is 3.81. The van der Waals surface area contributed by atoms with E-state index in [1.807, 2.05) is 11.8 Å². The topological polar surface area (TPSA) is 52.6 Å². The average molecular weight is 454 g/mol. The third-order valence-corrected chi connectivity index (χ3v) is 7.92. The highest BCUT2D eigenvalue weighted by Gasteiger charge is 2.29. The number of rotatable bonds is 3. The first-order valence-electron chi connectivity index (χ1n) is 11.3. The number of aryl methyl sites for hydroxylation is 1. The van der Waals surface area contributed by atoms with Crippen LogP contribution in [0.1, 0.15) is 41.4 Å². The fourth-order valence-electron chi connectivity index (χ4n) is 4.85. The molecule has 1 amide bonds. The van der Waals surface area contributed by atoms with E-state index in [9.17, 15) is 9.18 Å². The van der Waals surface area contributed by atoms with Crippen LogP contribution in [-0.2, 0) is 0 Å². The first-order valence-corrected chi connectivity index (χ1v) is 12.1. The van der Waals surface area contributed by atoms with Crippen molar-refractivity contribution < 1.29 is 9.18 Å². The molecule has 2 aromatic heterocycles. The Labute approximate surface area is 191 Å². The van der Waals surface area contributed by atoms with Crippen LogP contribution in [-0.4, -0.2) is 59.5 Å². The Morgan fingerprint density at radius 1 is 1.06 bits per heavy atom. The van der Waals surface area contributed by atoms with Gasteiger partial charge in [0.2, 0.25) is 0 Å². The van der Waals surface area contributed by atoms with E-state index in [0.29, 0.717) is 19.1 Å². The van der Waals surface area contributed by atoms with Crippen LogP contribution in [0.3, 0.4) is 0 Å². The third-order valence-electron chi connectivity index (χ3n) is 6.73. The van der Waals surface area contributed by atoms with E-state index < -0.39 is 0 Å². The first kappa shape index (κ1) is 21.1. The average Bonchev–Trinajstić information content (AvgIpc) is 3.16. The molecule has 3 aromatic rings. The molecule has 4 heterocycles. The fourth-order valence-corrected chi connectivity index (χ4v) is 5.96. The zero-order valence-electron chi connectivity index (χ0n) is 18.6. The van der Waals surface area contributed by atoms with Crippen molar-refractivity contribution >= 4 is 39.0 Å². The summed E-state index contributed by atoms with van der Waals surface area (Å²) in [4.78, 5) is 30.7. The predicted octanol–water partition coefficient (Wildman–Crippen LogP) is 4.48. The predicted molar refractivity (Wildman–Crippen MR) is 127 cm³/mol. The summed E-state index contributed by atoms with van der Waals surface area (Å²) < 4.78 is 13.2. The zero-order chi connectivity index (χ0) is 22.2. The highest BCUT2D eigenvalue weighted by Crippen LogP contribution is 2.37. The lowest BCUT2D eigenvalue weighted by atomic mass is 10.0. The maximum atomic E-state index is 13.4. The normalized spacial score (nSPS) is 19.6. The highest BCUT2D eigenvalue weighted by molar-refractivity contribution is 7.20. The molecule has 0 aliphatic carbocycles. The van der Waals surface area contributed by atoms with Gasteiger partial charge in [-0.15, -0.1) is 11.3 Å². The van der Waals surface area contributed by atoms with Crippen molar-refractivity contribution in [3.05, 3.63) is 46.9 Å². The first-order chi connectivity index (χ1) is 15.5. The van der Waals surface area contributed by atoms with Gasteiger partial charge in [-0.25, -0.2) is 14.4 Å². The number of benzene rings is 1. The molecule has 0 N–H and O–H groups in total. The number of amides is 1. The molecule has 0 bridgehead atoms. The summed E-state index contributed by atoms with van der Waals surface area (Å²) in [5, 5.41) is 1.03. The molecule has 168 valence electrons. The van der Waals surface area contributed by atoms with Crippen LogP contribution in [0.5, 0.6) is 0 Å². The number of carbonyl (C=O) groups excluding carboxylic acids is 1. The number of thiophene rings is 1. The van der Waals surface area contributed by atoms with Gasteiger partial charge in [0.05, 0.1) is 10.3 Å². The number of nitrogens with zero attached hydrogens (tertiary/aromatic N) is 5. The molecule has 8 heteroatoms. The lowest BCUT2D eigenvalue weighted by Crippen LogP contribution is -2.48. The van der Waals surface area contributed by atoms with E-state index in [2.05, 4.69) is 26.7 Å². The summed E-state index contributed by atoms with van der Waals surface area (Å²) in [6.07, 6.45) is 5.22. The Balaban J connectivity index is 1.37. The van der Waals surface area contributed by atoms with Crippen LogP contribution in [0.25, 0.3) is 10.2 Å². The molecule has 1 unspecified atom stereocenters. The van der Waals surface area contributed by atoms with Gasteiger partial charge in [-0.3, -0.25) is 4.79 Å². The minimum absolute atomic E-state index is 0.0712. The SMILES string of the molecule is Cc1c(C(=O)N2CCN(c3ccc(F)cc3)CC2)sc2ncnc(N3CCCCC3C)c12. The van der Waals surface area contributed by atoms with Crippen LogP contribution < -0.4 is 9.80 Å². The number of halogens is 1. The molecular weight excluding hydrogens is 425 g/mol. The minimum Gasteiger partial charge on any atom is -0.368 e. The fraction of sp³-hybridized carbons (Fsp3) is 0.458. The summed E-state index contributed by atoms with van der Waals surface area (Å²) in [5.74, 6) is 0.808. The maximum absolute atomic E-state index is 13.4. The number of piperidine rings is 1. The van der Waals surface area contributed by atoms with Crippen molar-refractivity contribution in [2.24, 2.45) is 0 Å². The number of carbonyl (C=O) groups is 1. The van der Waals surface area contributed by atoms with Crippen LogP contribution >= 0.6 is 11.3 Å². The number of anilines is 2. The molecule has 1 aromatic carbocycles. The number of piperazine rings is 1. The Kier molecular flexibility index (Phi) is 5.71. The van der Waals surface area contributed by atoms with E-state index in [1.165, 1.54) is 42.7 Å². The van der Waals surface area contributed by atoms with Crippen molar-refractivity contribution in [1.82, 2.24) is 14.9 Å². The van der Waals surface area contributed by atoms with Gasteiger partial charge in [0.1, 0.15) is 22.8 Å². The van der Waals surface area contributed by atoms with E-state index in [-0.39, 0.29) is 11.7 Å². The zero-order valence-corrected chi connectivity index (χ0v) is 19.4. The van der Waals surface area contributed by atoms with Gasteiger partial charge in [-0.1, -0.05) is 0 Å². The van der Waals surface area contributed by atoms with Gasteiger partial charge in [0.15, 0.2) is 0 Å². The van der Waals surface area contributed by atoms with Crippen molar-refractivity contribution in [3.8, 4) is 0 Å². The smallest absolute Gasteiger partial charge is 0.264 e. The second-order valence-electron chi connectivity index (χ2n) is 8.73. The minimum atomic E-state index is -0.232. The van der Waals surface area contributed by atoms with Crippen molar-refractivity contribution in [2.75, 3.05) is 42.5 Å². The number of hydrogen-bond acceptors (Lipinski definition) is 6. The summed E-state index contributed by atoms with van der Waals surface area (Å²) in [7, 11) is 0. The second kappa shape index (κ2) is 8.65. The Morgan fingerprint density at radius 3 is 2.53 bits per heavy atom. The molecule has 1 atom stereocenters. The monoisotopic (exact) mass is 453 g/mol. The van der Waals surface area contributed by atoms with Crippen molar-refractivity contribution in [3.63, 3.8) is 0 Å². The second-order valence-corrected chi connectivity index (χ2v) is 9.73. The van der Waals surface area contributed by atoms with E-state index >= 15 is 0 Å². The number of fused-ring (bicyclic) bond motifs is 1. The summed E-state index contributed by atoms with van der Waals surface area (Å²) in [6, 6.07) is 7.00. The largest absolute Gasteiger partial charge is 0.368 e. The van der Waals surface area contributed by atoms with Crippen molar-refractivity contribution in [1.29, 1.82) is 0 Å². The molecule has 32 heavy (non-hydrogen) atoms. The maximum Gasteiger partial charge on any atom is 0.264 e. The van der Waals surface area contributed by atoms with E-state index in [1.54, 1.807) is 18.5 Å². The lowest BCUT2D eigenvalue weighted by Gasteiger charge is -2.36. The van der Waals surface area contributed by atoms with Gasteiger partial charge in [0, 0.05) is 44.5 Å². The van der Waals surface area contributed by atoms with E-state index in [0.717, 1.165) is 51.8 Å². The molecule has 5 rings (SSSR count). The Bertz CT molecular complexity index is 1120. The van der Waals surface area contributed by atoms with Crippen LogP contribution in [0.15, 0.2) is 30.6 Å². The molecule has 0 spiro atoms. The highest BCUT2D eigenvalue weighted by atomic mass is 32.1. The van der Waals surface area contributed by atoms with E-state index in [4.69, 9.17) is 0 Å². The lowest BCUT2D eigenvalue weighted by molar-refractivity contribution is 0.0751. The standard InChI is InChI=1S/C24H28FN5OS/c1-16-5-3-4-10-30(16)22-20-17(2)21(32-23(20)27-15-26-22)24(31)29-13-11-28(12-14-29)19-8-6-18(25)7-9-19/h6-9,15-16H,3-5,10-14H2,1-2H3. The quantitative estimate of drug-likeness (QED) is 0.585. The van der Waals surface area contributed by atoms with Gasteiger partial charge in [0.25, 0.3) is 5.91 Å².